The summed E-state index contributed by atoms with van der Waals surface area (Å²) in [5, 5.41) is 5.47. The van der Waals surface area contributed by atoms with E-state index in [0.717, 1.165) is 17.5 Å². The molecule has 0 saturated heterocycles. The first-order valence-electron chi connectivity index (χ1n) is 5.81. The van der Waals surface area contributed by atoms with E-state index in [1.165, 1.54) is 0 Å². The van der Waals surface area contributed by atoms with Gasteiger partial charge in [-0.1, -0.05) is 24.6 Å². The van der Waals surface area contributed by atoms with E-state index < -0.39 is 11.8 Å². The third-order valence-corrected chi connectivity index (χ3v) is 2.71. The largest absolute Gasteiger partial charge is 0.348 e. The first-order valence-corrected chi connectivity index (χ1v) is 6.19. The summed E-state index contributed by atoms with van der Waals surface area (Å²) in [6.07, 6.45) is 0.781. The number of hydrogen-bond acceptors (Lipinski definition) is 2. The molecule has 1 aromatic carbocycles. The van der Waals surface area contributed by atoms with Crippen molar-refractivity contribution < 1.29 is 9.59 Å². The molecule has 0 spiro atoms. The molecular weight excluding hydrogens is 252 g/mol. The Morgan fingerprint density at radius 3 is 2.44 bits per heavy atom. The topological polar surface area (TPSA) is 58.2 Å². The molecule has 18 heavy (non-hydrogen) atoms. The number of halogens is 1. The van der Waals surface area contributed by atoms with Crippen LogP contribution in [0.4, 0.5) is 5.69 Å². The van der Waals surface area contributed by atoms with Gasteiger partial charge in [0.25, 0.3) is 0 Å². The fourth-order valence-electron chi connectivity index (χ4n) is 1.56. The second-order valence-electron chi connectivity index (χ2n) is 4.15. The molecule has 0 unspecified atom stereocenters. The molecule has 0 aliphatic rings. The van der Waals surface area contributed by atoms with Crippen LogP contribution in [0, 0.1) is 13.8 Å². The summed E-state index contributed by atoms with van der Waals surface area (Å²) < 4.78 is 0. The minimum atomic E-state index is -0.697. The van der Waals surface area contributed by atoms with Crippen molar-refractivity contribution in [2.24, 2.45) is 0 Å². The van der Waals surface area contributed by atoms with Crippen molar-refractivity contribution in [2.45, 2.75) is 27.2 Å². The fraction of sp³-hybridized carbons (Fsp3) is 0.385. The highest BCUT2D eigenvalue weighted by molar-refractivity contribution is 6.41. The minimum Gasteiger partial charge on any atom is -0.348 e. The fourth-order valence-corrected chi connectivity index (χ4v) is 1.93. The van der Waals surface area contributed by atoms with E-state index in [4.69, 9.17) is 11.6 Å². The van der Waals surface area contributed by atoms with Gasteiger partial charge in [0.2, 0.25) is 0 Å². The number of carbonyl (C=O) groups excluding carboxylic acids is 2. The van der Waals surface area contributed by atoms with Crippen molar-refractivity contribution in [2.75, 3.05) is 11.9 Å². The maximum atomic E-state index is 11.6. The number of nitrogens with one attached hydrogen (secondary N) is 2. The van der Waals surface area contributed by atoms with E-state index in [2.05, 4.69) is 10.6 Å². The molecule has 0 radical (unpaired) electrons. The van der Waals surface area contributed by atoms with Gasteiger partial charge in [-0.25, -0.2) is 0 Å². The molecule has 0 aromatic heterocycles. The molecule has 0 atom stereocenters. The monoisotopic (exact) mass is 268 g/mol. The average molecular weight is 269 g/mol. The number of benzene rings is 1. The lowest BCUT2D eigenvalue weighted by molar-refractivity contribution is -0.136. The molecule has 4 nitrogen and oxygen atoms in total. The highest BCUT2D eigenvalue weighted by Crippen LogP contribution is 2.27. The lowest BCUT2D eigenvalue weighted by Crippen LogP contribution is -2.35. The van der Waals surface area contributed by atoms with E-state index in [0.29, 0.717) is 17.3 Å². The van der Waals surface area contributed by atoms with Gasteiger partial charge >= 0.3 is 11.8 Å². The number of anilines is 1. The lowest BCUT2D eigenvalue weighted by Gasteiger charge is -2.11. The average Bonchev–Trinajstić information content (AvgIpc) is 2.30. The quantitative estimate of drug-likeness (QED) is 0.827. The Hall–Kier alpha value is -1.55. The van der Waals surface area contributed by atoms with Crippen LogP contribution in [0.2, 0.25) is 5.02 Å². The number of amides is 2. The van der Waals surface area contributed by atoms with E-state index in [1.807, 2.05) is 26.8 Å². The molecule has 0 fully saturated rings. The van der Waals surface area contributed by atoms with Crippen LogP contribution in [0.15, 0.2) is 12.1 Å². The normalized spacial score (nSPS) is 10.0. The molecular formula is C13H17ClN2O2. The summed E-state index contributed by atoms with van der Waals surface area (Å²) in [4.78, 5) is 23.1. The molecule has 1 aromatic rings. The molecule has 0 heterocycles. The second kappa shape index (κ2) is 6.40. The zero-order chi connectivity index (χ0) is 13.7. The number of rotatable bonds is 3. The Morgan fingerprint density at radius 1 is 1.22 bits per heavy atom. The standard InChI is InChI=1S/C13H17ClN2O2/c1-4-5-15-12(17)13(18)16-11-9(3)6-8(2)7-10(11)14/h6-7H,4-5H2,1-3H3,(H,15,17)(H,16,18). The summed E-state index contributed by atoms with van der Waals surface area (Å²) in [5.74, 6) is -1.34. The molecule has 1 rings (SSSR count). The molecule has 0 bridgehead atoms. The molecule has 0 aliphatic heterocycles. The third kappa shape index (κ3) is 3.74. The van der Waals surface area contributed by atoms with Crippen molar-refractivity contribution in [3.05, 3.63) is 28.3 Å². The number of carbonyl (C=O) groups is 2. The maximum Gasteiger partial charge on any atom is 0.313 e. The van der Waals surface area contributed by atoms with Crippen LogP contribution >= 0.6 is 11.6 Å². The van der Waals surface area contributed by atoms with Crippen LogP contribution in [0.1, 0.15) is 24.5 Å². The first-order chi connectivity index (χ1) is 8.45. The van der Waals surface area contributed by atoms with Crippen LogP contribution in [-0.4, -0.2) is 18.4 Å². The predicted molar refractivity (Wildman–Crippen MR) is 72.9 cm³/mol. The van der Waals surface area contributed by atoms with Crippen molar-refractivity contribution in [3.63, 3.8) is 0 Å². The maximum absolute atomic E-state index is 11.6. The SMILES string of the molecule is CCCNC(=O)C(=O)Nc1c(C)cc(C)cc1Cl. The van der Waals surface area contributed by atoms with E-state index in [1.54, 1.807) is 6.07 Å². The predicted octanol–water partition coefficient (Wildman–Crippen LogP) is 2.42. The van der Waals surface area contributed by atoms with E-state index in [9.17, 15) is 9.59 Å². The van der Waals surface area contributed by atoms with Gasteiger partial charge in [0.15, 0.2) is 0 Å². The van der Waals surface area contributed by atoms with Gasteiger partial charge in [-0.3, -0.25) is 9.59 Å². The Morgan fingerprint density at radius 2 is 1.89 bits per heavy atom. The first kappa shape index (κ1) is 14.5. The van der Waals surface area contributed by atoms with Crippen LogP contribution in [0.3, 0.4) is 0 Å². The summed E-state index contributed by atoms with van der Waals surface area (Å²) in [6, 6.07) is 3.64. The molecule has 5 heteroatoms. The third-order valence-electron chi connectivity index (χ3n) is 2.41. The van der Waals surface area contributed by atoms with Gasteiger partial charge in [0.05, 0.1) is 10.7 Å². The van der Waals surface area contributed by atoms with Gasteiger partial charge in [-0.2, -0.15) is 0 Å². The van der Waals surface area contributed by atoms with Crippen molar-refractivity contribution in [3.8, 4) is 0 Å². The zero-order valence-electron chi connectivity index (χ0n) is 10.8. The highest BCUT2D eigenvalue weighted by atomic mass is 35.5. The minimum absolute atomic E-state index is 0.434. The lowest BCUT2D eigenvalue weighted by atomic mass is 10.1. The van der Waals surface area contributed by atoms with E-state index >= 15 is 0 Å². The van der Waals surface area contributed by atoms with Gasteiger partial charge in [-0.05, 0) is 37.5 Å². The van der Waals surface area contributed by atoms with Crippen LogP contribution in [-0.2, 0) is 9.59 Å². The molecule has 2 N–H and O–H groups in total. The Bertz CT molecular complexity index is 449. The summed E-state index contributed by atoms with van der Waals surface area (Å²) in [6.45, 7) is 6.14. The van der Waals surface area contributed by atoms with Crippen molar-refractivity contribution in [1.82, 2.24) is 5.32 Å². The summed E-state index contributed by atoms with van der Waals surface area (Å²) in [7, 11) is 0. The number of hydrogen-bond donors (Lipinski definition) is 2. The van der Waals surface area contributed by atoms with Gasteiger partial charge in [0, 0.05) is 6.54 Å². The van der Waals surface area contributed by atoms with Crippen LogP contribution in [0.25, 0.3) is 0 Å². The zero-order valence-corrected chi connectivity index (χ0v) is 11.5. The van der Waals surface area contributed by atoms with Crippen LogP contribution in [0.5, 0.6) is 0 Å². The number of aryl methyl sites for hydroxylation is 2. The Labute approximate surface area is 112 Å². The Balaban J connectivity index is 2.79. The summed E-state index contributed by atoms with van der Waals surface area (Å²) in [5.41, 5.74) is 2.32. The van der Waals surface area contributed by atoms with Crippen LogP contribution < -0.4 is 10.6 Å². The van der Waals surface area contributed by atoms with E-state index in [-0.39, 0.29) is 0 Å². The summed E-state index contributed by atoms with van der Waals surface area (Å²) >= 11 is 6.04. The molecule has 2 amide bonds. The van der Waals surface area contributed by atoms with Crippen molar-refractivity contribution in [1.29, 1.82) is 0 Å². The van der Waals surface area contributed by atoms with Gasteiger partial charge < -0.3 is 10.6 Å². The van der Waals surface area contributed by atoms with Gasteiger partial charge in [0.1, 0.15) is 0 Å². The highest BCUT2D eigenvalue weighted by Gasteiger charge is 2.15. The smallest absolute Gasteiger partial charge is 0.313 e. The molecule has 0 saturated carbocycles. The second-order valence-corrected chi connectivity index (χ2v) is 4.56. The van der Waals surface area contributed by atoms with Crippen molar-refractivity contribution >= 4 is 29.1 Å². The molecule has 0 aliphatic carbocycles. The molecule has 98 valence electrons. The Kier molecular flexibility index (Phi) is 5.16. The van der Waals surface area contributed by atoms with Gasteiger partial charge in [-0.15, -0.1) is 0 Å².